The molecule has 0 saturated heterocycles. The lowest BCUT2D eigenvalue weighted by molar-refractivity contribution is -0.119. The predicted molar refractivity (Wildman–Crippen MR) is 115 cm³/mol. The summed E-state index contributed by atoms with van der Waals surface area (Å²) in [6.45, 7) is 0.631. The quantitative estimate of drug-likeness (QED) is 0.634. The highest BCUT2D eigenvalue weighted by Gasteiger charge is 2.23. The Bertz CT molecular complexity index is 875. The Morgan fingerprint density at radius 2 is 1.54 bits per heavy atom. The van der Waals surface area contributed by atoms with Gasteiger partial charge in [0, 0.05) is 12.0 Å². The fourth-order valence-electron chi connectivity index (χ4n) is 3.53. The average Bonchev–Trinajstić information content (AvgIpc) is 2.76. The van der Waals surface area contributed by atoms with E-state index in [4.69, 9.17) is 4.74 Å². The third kappa shape index (κ3) is 4.39. The standard InChI is InChI=1S/C24H23NO2S/c26-23(25-21-15-16-27-22-14-8-7-13-20(21)22)17-28-24(18-9-3-1-4-10-18)19-11-5-2-6-12-19/h1-14,21,24H,15-17H2,(H,25,26)/t21-/m0/s1. The van der Waals surface area contributed by atoms with Crippen LogP contribution in [0.2, 0.25) is 0 Å². The van der Waals surface area contributed by atoms with Crippen LogP contribution in [-0.2, 0) is 4.79 Å². The fraction of sp³-hybridized carbons (Fsp3) is 0.208. The van der Waals surface area contributed by atoms with E-state index in [9.17, 15) is 4.79 Å². The van der Waals surface area contributed by atoms with Crippen molar-refractivity contribution < 1.29 is 9.53 Å². The second-order valence-corrected chi connectivity index (χ2v) is 7.90. The molecule has 4 rings (SSSR count). The lowest BCUT2D eigenvalue weighted by Crippen LogP contribution is -2.33. The van der Waals surface area contributed by atoms with Crippen molar-refractivity contribution in [3.05, 3.63) is 102 Å². The summed E-state index contributed by atoms with van der Waals surface area (Å²) in [6, 6.07) is 28.7. The summed E-state index contributed by atoms with van der Waals surface area (Å²) < 4.78 is 5.69. The van der Waals surface area contributed by atoms with Gasteiger partial charge >= 0.3 is 0 Å². The van der Waals surface area contributed by atoms with Crippen LogP contribution in [0, 0.1) is 0 Å². The number of nitrogens with one attached hydrogen (secondary N) is 1. The number of ether oxygens (including phenoxy) is 1. The first-order chi connectivity index (χ1) is 13.8. The maximum absolute atomic E-state index is 12.7. The van der Waals surface area contributed by atoms with Crippen LogP contribution >= 0.6 is 11.8 Å². The highest BCUT2D eigenvalue weighted by molar-refractivity contribution is 8.00. The molecule has 0 radical (unpaired) electrons. The molecule has 3 nitrogen and oxygen atoms in total. The van der Waals surface area contributed by atoms with Crippen molar-refractivity contribution in [2.45, 2.75) is 17.7 Å². The minimum atomic E-state index is 0.0185. The minimum absolute atomic E-state index is 0.0185. The molecule has 4 heteroatoms. The number of rotatable bonds is 6. The van der Waals surface area contributed by atoms with E-state index in [-0.39, 0.29) is 17.2 Å². The molecule has 0 unspecified atom stereocenters. The van der Waals surface area contributed by atoms with Crippen LogP contribution < -0.4 is 10.1 Å². The molecule has 0 aliphatic carbocycles. The Morgan fingerprint density at radius 1 is 0.929 bits per heavy atom. The van der Waals surface area contributed by atoms with Gasteiger partial charge in [0.05, 0.1) is 23.7 Å². The van der Waals surface area contributed by atoms with Crippen LogP contribution in [0.3, 0.4) is 0 Å². The van der Waals surface area contributed by atoms with Crippen molar-refractivity contribution in [3.63, 3.8) is 0 Å². The second-order valence-electron chi connectivity index (χ2n) is 6.81. The van der Waals surface area contributed by atoms with Gasteiger partial charge in [0.1, 0.15) is 5.75 Å². The van der Waals surface area contributed by atoms with Gasteiger partial charge in [-0.3, -0.25) is 4.79 Å². The van der Waals surface area contributed by atoms with Crippen molar-refractivity contribution in [2.24, 2.45) is 0 Å². The fourth-order valence-corrected chi connectivity index (χ4v) is 4.63. The normalized spacial score (nSPS) is 15.5. The van der Waals surface area contributed by atoms with Crippen LogP contribution in [0.25, 0.3) is 0 Å². The summed E-state index contributed by atoms with van der Waals surface area (Å²) in [7, 11) is 0. The van der Waals surface area contributed by atoms with Crippen LogP contribution in [0.4, 0.5) is 0 Å². The number of carbonyl (C=O) groups is 1. The number of fused-ring (bicyclic) bond motifs is 1. The molecule has 3 aromatic rings. The molecule has 1 N–H and O–H groups in total. The largest absolute Gasteiger partial charge is 0.493 e. The first-order valence-electron chi connectivity index (χ1n) is 9.54. The Morgan fingerprint density at radius 3 is 2.21 bits per heavy atom. The van der Waals surface area contributed by atoms with Gasteiger partial charge in [0.25, 0.3) is 0 Å². The summed E-state index contributed by atoms with van der Waals surface area (Å²) in [5.74, 6) is 1.34. The van der Waals surface area contributed by atoms with Gasteiger partial charge in [0.2, 0.25) is 5.91 Å². The van der Waals surface area contributed by atoms with E-state index in [1.54, 1.807) is 11.8 Å². The molecular weight excluding hydrogens is 366 g/mol. The third-order valence-electron chi connectivity index (χ3n) is 4.88. The molecule has 1 aliphatic heterocycles. The molecular formula is C24H23NO2S. The summed E-state index contributed by atoms with van der Waals surface area (Å²) in [6.07, 6.45) is 0.800. The molecule has 1 heterocycles. The van der Waals surface area contributed by atoms with Gasteiger partial charge in [-0.1, -0.05) is 78.9 Å². The molecule has 1 aliphatic rings. The number of amides is 1. The predicted octanol–water partition coefficient (Wildman–Crippen LogP) is 5.15. The Hall–Kier alpha value is -2.72. The lowest BCUT2D eigenvalue weighted by atomic mass is 10.0. The third-order valence-corrected chi connectivity index (χ3v) is 6.19. The minimum Gasteiger partial charge on any atom is -0.493 e. The van der Waals surface area contributed by atoms with E-state index in [0.29, 0.717) is 12.4 Å². The zero-order valence-corrected chi connectivity index (χ0v) is 16.4. The van der Waals surface area contributed by atoms with E-state index in [1.807, 2.05) is 60.7 Å². The molecule has 0 fully saturated rings. The second kappa shape index (κ2) is 8.98. The van der Waals surface area contributed by atoms with E-state index in [2.05, 4.69) is 29.6 Å². The number of carbonyl (C=O) groups excluding carboxylic acids is 1. The van der Waals surface area contributed by atoms with Crippen LogP contribution in [0.1, 0.15) is 34.4 Å². The molecule has 0 spiro atoms. The van der Waals surface area contributed by atoms with Crippen molar-refractivity contribution in [3.8, 4) is 5.75 Å². The van der Waals surface area contributed by atoms with Gasteiger partial charge in [-0.05, 0) is 17.2 Å². The van der Waals surface area contributed by atoms with Gasteiger partial charge < -0.3 is 10.1 Å². The first-order valence-corrected chi connectivity index (χ1v) is 10.6. The van der Waals surface area contributed by atoms with Gasteiger partial charge in [0.15, 0.2) is 0 Å². The van der Waals surface area contributed by atoms with E-state index >= 15 is 0 Å². The summed E-state index contributed by atoms with van der Waals surface area (Å²) >= 11 is 1.66. The average molecular weight is 390 g/mol. The Balaban J connectivity index is 1.44. The highest BCUT2D eigenvalue weighted by atomic mass is 32.2. The summed E-state index contributed by atoms with van der Waals surface area (Å²) in [5, 5.41) is 3.33. The topological polar surface area (TPSA) is 38.3 Å². The van der Waals surface area contributed by atoms with Crippen molar-refractivity contribution >= 4 is 17.7 Å². The van der Waals surface area contributed by atoms with Gasteiger partial charge in [-0.2, -0.15) is 0 Å². The molecule has 0 saturated carbocycles. The van der Waals surface area contributed by atoms with Gasteiger partial charge in [-0.25, -0.2) is 0 Å². The maximum atomic E-state index is 12.7. The van der Waals surface area contributed by atoms with Crippen molar-refractivity contribution in [1.82, 2.24) is 5.32 Å². The SMILES string of the molecule is O=C(CSC(c1ccccc1)c1ccccc1)N[C@H]1CCOc2ccccc21. The number of benzene rings is 3. The molecule has 1 amide bonds. The van der Waals surface area contributed by atoms with Crippen LogP contribution in [-0.4, -0.2) is 18.3 Å². The van der Waals surface area contributed by atoms with Crippen LogP contribution in [0.15, 0.2) is 84.9 Å². The molecule has 1 atom stereocenters. The number of hydrogen-bond acceptors (Lipinski definition) is 3. The van der Waals surface area contributed by atoms with E-state index < -0.39 is 0 Å². The molecule has 0 bridgehead atoms. The smallest absolute Gasteiger partial charge is 0.230 e. The van der Waals surface area contributed by atoms with E-state index in [1.165, 1.54) is 11.1 Å². The first kappa shape index (κ1) is 18.6. The van der Waals surface area contributed by atoms with Crippen LogP contribution in [0.5, 0.6) is 5.75 Å². The molecule has 28 heavy (non-hydrogen) atoms. The molecule has 142 valence electrons. The Kier molecular flexibility index (Phi) is 5.98. The summed E-state index contributed by atoms with van der Waals surface area (Å²) in [4.78, 5) is 12.7. The highest BCUT2D eigenvalue weighted by Crippen LogP contribution is 2.36. The molecule has 3 aromatic carbocycles. The number of para-hydroxylation sites is 1. The lowest BCUT2D eigenvalue weighted by Gasteiger charge is -2.27. The zero-order valence-electron chi connectivity index (χ0n) is 15.6. The molecule has 0 aromatic heterocycles. The van der Waals surface area contributed by atoms with E-state index in [0.717, 1.165) is 17.7 Å². The maximum Gasteiger partial charge on any atom is 0.230 e. The van der Waals surface area contributed by atoms with Crippen molar-refractivity contribution in [2.75, 3.05) is 12.4 Å². The zero-order chi connectivity index (χ0) is 19.2. The monoisotopic (exact) mass is 389 g/mol. The van der Waals surface area contributed by atoms with Crippen molar-refractivity contribution in [1.29, 1.82) is 0 Å². The summed E-state index contributed by atoms with van der Waals surface area (Å²) in [5.41, 5.74) is 3.49. The number of thioether (sulfide) groups is 1. The van der Waals surface area contributed by atoms with Gasteiger partial charge in [-0.15, -0.1) is 11.8 Å². The number of hydrogen-bond donors (Lipinski definition) is 1. The Labute approximate surface area is 170 Å².